The molecule has 0 aromatic heterocycles. The van der Waals surface area contributed by atoms with E-state index in [4.69, 9.17) is 0 Å². The number of unbranched alkanes of at least 4 members (excludes halogenated alkanes) is 10. The Balaban J connectivity index is 1.24. The van der Waals surface area contributed by atoms with Gasteiger partial charge in [-0.2, -0.15) is 13.2 Å². The summed E-state index contributed by atoms with van der Waals surface area (Å²) in [7, 11) is 0. The Morgan fingerprint density at radius 3 is 2.24 bits per heavy atom. The van der Waals surface area contributed by atoms with Gasteiger partial charge in [-0.25, -0.2) is 0 Å². The molecule has 1 atom stereocenters. The summed E-state index contributed by atoms with van der Waals surface area (Å²) in [6, 6.07) is 11.5. The SMILES string of the molecule is CCCCCCCCCCCCCC(=O)N1CCC(Nc2cccc3c2CC(C#CCNc2ccc(SC)cc2CC)N3CC(F)(F)F)CC1. The van der Waals surface area contributed by atoms with Crippen molar-refractivity contribution in [2.75, 3.05) is 48.0 Å². The van der Waals surface area contributed by atoms with Gasteiger partial charge in [0.1, 0.15) is 6.54 Å². The number of amides is 1. The second-order valence-electron chi connectivity index (χ2n) is 13.9. The van der Waals surface area contributed by atoms with E-state index in [-0.39, 0.29) is 11.9 Å². The molecule has 50 heavy (non-hydrogen) atoms. The van der Waals surface area contributed by atoms with Crippen molar-refractivity contribution in [1.82, 2.24) is 4.90 Å². The fourth-order valence-corrected chi connectivity index (χ4v) is 7.71. The molecule has 2 N–H and O–H groups in total. The zero-order chi connectivity index (χ0) is 35.8. The van der Waals surface area contributed by atoms with E-state index in [2.05, 4.69) is 48.5 Å². The molecule has 1 fully saturated rings. The minimum absolute atomic E-state index is 0.170. The van der Waals surface area contributed by atoms with E-state index >= 15 is 0 Å². The van der Waals surface area contributed by atoms with Crippen LogP contribution < -0.4 is 15.5 Å². The van der Waals surface area contributed by atoms with Crippen LogP contribution in [0.1, 0.15) is 115 Å². The van der Waals surface area contributed by atoms with Crippen LogP contribution in [0.25, 0.3) is 0 Å². The molecule has 0 spiro atoms. The van der Waals surface area contributed by atoms with E-state index in [0.29, 0.717) is 38.2 Å². The summed E-state index contributed by atoms with van der Waals surface area (Å²) in [5.74, 6) is 6.54. The number of aryl methyl sites for hydroxylation is 1. The highest BCUT2D eigenvalue weighted by molar-refractivity contribution is 7.98. The average Bonchev–Trinajstić information content (AvgIpc) is 3.45. The number of nitrogens with zero attached hydrogens (tertiary/aromatic N) is 2. The lowest BCUT2D eigenvalue weighted by molar-refractivity contribution is -0.132. The summed E-state index contributed by atoms with van der Waals surface area (Å²) in [6.45, 7) is 5.11. The van der Waals surface area contributed by atoms with Gasteiger partial charge in [0.25, 0.3) is 0 Å². The van der Waals surface area contributed by atoms with Gasteiger partial charge in [0.05, 0.1) is 12.6 Å². The number of alkyl halides is 3. The fourth-order valence-electron chi connectivity index (χ4n) is 7.24. The van der Waals surface area contributed by atoms with E-state index in [1.54, 1.807) is 17.8 Å². The van der Waals surface area contributed by atoms with Crippen molar-refractivity contribution < 1.29 is 18.0 Å². The molecule has 2 aliphatic rings. The quantitative estimate of drug-likeness (QED) is 0.0863. The minimum atomic E-state index is -4.34. The highest BCUT2D eigenvalue weighted by Crippen LogP contribution is 2.39. The first-order valence-corrected chi connectivity index (χ1v) is 20.3. The van der Waals surface area contributed by atoms with Gasteiger partial charge in [-0.3, -0.25) is 4.79 Å². The second-order valence-corrected chi connectivity index (χ2v) is 14.8. The molecule has 0 saturated carbocycles. The summed E-state index contributed by atoms with van der Waals surface area (Å²) in [4.78, 5) is 17.5. The number of fused-ring (bicyclic) bond motifs is 1. The molecule has 9 heteroatoms. The van der Waals surface area contributed by atoms with E-state index in [9.17, 15) is 18.0 Å². The maximum absolute atomic E-state index is 13.8. The molecule has 2 heterocycles. The number of carbonyl (C=O) groups excluding carboxylic acids is 1. The maximum atomic E-state index is 13.8. The second kappa shape index (κ2) is 20.8. The van der Waals surface area contributed by atoms with Crippen molar-refractivity contribution in [3.8, 4) is 11.8 Å². The number of nitrogens with one attached hydrogen (secondary N) is 2. The predicted molar refractivity (Wildman–Crippen MR) is 206 cm³/mol. The summed E-state index contributed by atoms with van der Waals surface area (Å²) in [5.41, 5.74) is 4.57. The molecule has 4 rings (SSSR count). The summed E-state index contributed by atoms with van der Waals surface area (Å²) in [5, 5.41) is 7.00. The standard InChI is InChI=1S/C41H59F3N4OS/c1-4-6-7-8-9-10-11-12-13-14-15-21-40(49)47-27-24-33(25-28-47)46-38-19-16-20-39-36(38)30-34(48(39)31-41(42,43)44)18-17-26-45-37-23-22-35(50-3)29-32(37)5-2/h16,19-20,22-23,29,33-34,45-46H,4-15,21,24-28,30-31H2,1-3H3. The van der Waals surface area contributed by atoms with Crippen molar-refractivity contribution in [2.24, 2.45) is 0 Å². The summed E-state index contributed by atoms with van der Waals surface area (Å²) < 4.78 is 41.3. The van der Waals surface area contributed by atoms with Gasteiger partial charge in [0.2, 0.25) is 5.91 Å². The van der Waals surface area contributed by atoms with E-state index in [1.165, 1.54) is 73.1 Å². The Bertz CT molecular complexity index is 1400. The van der Waals surface area contributed by atoms with Crippen molar-refractivity contribution in [3.63, 3.8) is 0 Å². The Hall–Kier alpha value is -2.99. The number of carbonyl (C=O) groups is 1. The van der Waals surface area contributed by atoms with Crippen LogP contribution in [-0.4, -0.2) is 61.5 Å². The Kier molecular flexibility index (Phi) is 16.5. The van der Waals surface area contributed by atoms with Crippen LogP contribution in [0.5, 0.6) is 0 Å². The fraction of sp³-hybridized carbons (Fsp3) is 0.634. The molecule has 0 aliphatic carbocycles. The smallest absolute Gasteiger partial charge is 0.382 e. The number of hydrogen-bond donors (Lipinski definition) is 2. The first kappa shape index (κ1) is 39.8. The lowest BCUT2D eigenvalue weighted by Gasteiger charge is -2.33. The zero-order valence-electron chi connectivity index (χ0n) is 30.6. The number of rotatable bonds is 19. The van der Waals surface area contributed by atoms with Crippen molar-refractivity contribution >= 4 is 34.7 Å². The number of thioether (sulfide) groups is 1. The van der Waals surface area contributed by atoms with Crippen LogP contribution in [0, 0.1) is 11.8 Å². The highest BCUT2D eigenvalue weighted by atomic mass is 32.2. The van der Waals surface area contributed by atoms with Gasteiger partial charge in [0, 0.05) is 59.5 Å². The van der Waals surface area contributed by atoms with Crippen molar-refractivity contribution in [1.29, 1.82) is 0 Å². The largest absolute Gasteiger partial charge is 0.405 e. The molecule has 1 amide bonds. The summed E-state index contributed by atoms with van der Waals surface area (Å²) in [6.07, 6.45) is 15.3. The minimum Gasteiger partial charge on any atom is -0.382 e. The van der Waals surface area contributed by atoms with Crippen molar-refractivity contribution in [2.45, 2.75) is 140 Å². The normalized spacial score (nSPS) is 16.2. The number of piperidine rings is 1. The topological polar surface area (TPSA) is 47.6 Å². The van der Waals surface area contributed by atoms with Crippen LogP contribution in [-0.2, 0) is 17.6 Å². The number of halogens is 3. The average molecular weight is 713 g/mol. The number of benzene rings is 2. The molecule has 1 saturated heterocycles. The molecular weight excluding hydrogens is 654 g/mol. The third-order valence-corrected chi connectivity index (χ3v) is 10.8. The third kappa shape index (κ3) is 12.7. The monoisotopic (exact) mass is 712 g/mol. The zero-order valence-corrected chi connectivity index (χ0v) is 31.4. The predicted octanol–water partition coefficient (Wildman–Crippen LogP) is 10.5. The van der Waals surface area contributed by atoms with Gasteiger partial charge in [-0.15, -0.1) is 11.8 Å². The Labute approximate surface area is 303 Å². The lowest BCUT2D eigenvalue weighted by Crippen LogP contribution is -2.42. The number of anilines is 3. The number of likely N-dealkylation sites (tertiary alicyclic amines) is 1. The molecule has 276 valence electrons. The van der Waals surface area contributed by atoms with Crippen LogP contribution >= 0.6 is 11.8 Å². The van der Waals surface area contributed by atoms with Gasteiger partial charge in [0.15, 0.2) is 0 Å². The maximum Gasteiger partial charge on any atom is 0.405 e. The van der Waals surface area contributed by atoms with Gasteiger partial charge < -0.3 is 20.4 Å². The molecule has 0 radical (unpaired) electrons. The molecule has 5 nitrogen and oxygen atoms in total. The lowest BCUT2D eigenvalue weighted by atomic mass is 10.0. The molecule has 2 aliphatic heterocycles. The van der Waals surface area contributed by atoms with Gasteiger partial charge in [-0.05, 0) is 67.8 Å². The summed E-state index contributed by atoms with van der Waals surface area (Å²) >= 11 is 1.70. The van der Waals surface area contributed by atoms with Gasteiger partial charge in [-0.1, -0.05) is 96.0 Å². The molecular formula is C41H59F3N4OS. The molecule has 2 aromatic carbocycles. The molecule has 1 unspecified atom stereocenters. The number of hydrogen-bond acceptors (Lipinski definition) is 5. The molecule has 2 aromatic rings. The first-order valence-electron chi connectivity index (χ1n) is 19.1. The van der Waals surface area contributed by atoms with Crippen LogP contribution in [0.15, 0.2) is 41.3 Å². The van der Waals surface area contributed by atoms with Gasteiger partial charge >= 0.3 is 6.18 Å². The molecule has 0 bridgehead atoms. The highest BCUT2D eigenvalue weighted by Gasteiger charge is 2.39. The van der Waals surface area contributed by atoms with E-state index < -0.39 is 18.8 Å². The van der Waals surface area contributed by atoms with Crippen LogP contribution in [0.3, 0.4) is 0 Å². The Morgan fingerprint density at radius 1 is 0.920 bits per heavy atom. The first-order chi connectivity index (χ1) is 24.2. The van der Waals surface area contributed by atoms with Crippen molar-refractivity contribution in [3.05, 3.63) is 47.5 Å². The third-order valence-electron chi connectivity index (χ3n) is 10.1. The van der Waals surface area contributed by atoms with E-state index in [1.807, 2.05) is 29.4 Å². The Morgan fingerprint density at radius 2 is 1.60 bits per heavy atom. The van der Waals surface area contributed by atoms with Crippen LogP contribution in [0.2, 0.25) is 0 Å². The van der Waals surface area contributed by atoms with E-state index in [0.717, 1.165) is 49.0 Å². The van der Waals surface area contributed by atoms with Crippen LogP contribution in [0.4, 0.5) is 30.2 Å².